The van der Waals surface area contributed by atoms with Gasteiger partial charge in [0, 0.05) is 12.4 Å². The van der Waals surface area contributed by atoms with Crippen molar-refractivity contribution in [2.45, 2.75) is 12.5 Å². The summed E-state index contributed by atoms with van der Waals surface area (Å²) in [5.41, 5.74) is 0. The number of hydrogen-bond donors (Lipinski definition) is 2. The Morgan fingerprint density at radius 2 is 1.90 bits per heavy atom. The summed E-state index contributed by atoms with van der Waals surface area (Å²) in [6, 6.07) is 0. The van der Waals surface area contributed by atoms with Crippen molar-refractivity contribution in [3.05, 3.63) is 0 Å². The minimum absolute atomic E-state index is 0. The molecule has 0 amide bonds. The molecule has 0 spiro atoms. The normalized spacial score (nSPS) is 11.3. The van der Waals surface area contributed by atoms with Gasteiger partial charge in [-0.25, -0.2) is 4.79 Å². The molecule has 0 bridgehead atoms. The molecule has 10 heavy (non-hydrogen) atoms. The van der Waals surface area contributed by atoms with E-state index >= 15 is 0 Å². The topological polar surface area (TPSA) is 97.7 Å². The van der Waals surface area contributed by atoms with E-state index in [-0.39, 0.29) is 18.9 Å². The summed E-state index contributed by atoms with van der Waals surface area (Å²) in [5, 5.41) is 25.7. The molecule has 0 aromatic heterocycles. The van der Waals surface area contributed by atoms with Crippen LogP contribution in [0.4, 0.5) is 0 Å². The molecule has 0 saturated carbocycles. The van der Waals surface area contributed by atoms with Gasteiger partial charge in [-0.2, -0.15) is 0 Å². The summed E-state index contributed by atoms with van der Waals surface area (Å²) in [6.45, 7) is 0. The first kappa shape index (κ1) is 12.2. The second-order valence-corrected chi connectivity index (χ2v) is 1.43. The molecule has 0 heterocycles. The number of carbonyl (C=O) groups excluding carboxylic acids is 1. The second kappa shape index (κ2) is 5.30. The molecule has 0 unspecified atom stereocenters. The van der Waals surface area contributed by atoms with Crippen LogP contribution in [0, 0.1) is 0 Å². The van der Waals surface area contributed by atoms with Gasteiger partial charge in [-0.1, -0.05) is 0 Å². The number of rotatable bonds is 3. The van der Waals surface area contributed by atoms with Gasteiger partial charge in [0.2, 0.25) is 0 Å². The van der Waals surface area contributed by atoms with Gasteiger partial charge >= 0.3 is 24.8 Å². The van der Waals surface area contributed by atoms with E-state index in [4.69, 9.17) is 10.2 Å². The van der Waals surface area contributed by atoms with Crippen molar-refractivity contribution < 1.29 is 43.8 Å². The molecule has 0 radical (unpaired) electrons. The summed E-state index contributed by atoms with van der Waals surface area (Å²) in [4.78, 5) is 19.3. The van der Waals surface area contributed by atoms with E-state index in [0.717, 1.165) is 0 Å². The van der Waals surface area contributed by atoms with Gasteiger partial charge in [0.05, 0.1) is 0 Å². The first-order valence-electron chi connectivity index (χ1n) is 2.14. The number of hydrogen-bond acceptors (Lipinski definition) is 4. The van der Waals surface area contributed by atoms with Crippen molar-refractivity contribution in [2.24, 2.45) is 0 Å². The van der Waals surface area contributed by atoms with Gasteiger partial charge in [-0.15, -0.1) is 0 Å². The van der Waals surface area contributed by atoms with Crippen molar-refractivity contribution in [3.8, 4) is 0 Å². The zero-order valence-electron chi connectivity index (χ0n) is 5.40. The molecule has 0 aliphatic carbocycles. The Hall–Kier alpha value is -0.503. The van der Waals surface area contributed by atoms with Crippen LogP contribution in [0.3, 0.4) is 0 Å². The molecule has 0 aliphatic heterocycles. The SMILES string of the molecule is O=C([O-])C[C@@H](O)C(=O)O.[Li+]. The van der Waals surface area contributed by atoms with Crippen LogP contribution in [0.25, 0.3) is 0 Å². The predicted molar refractivity (Wildman–Crippen MR) is 23.3 cm³/mol. The summed E-state index contributed by atoms with van der Waals surface area (Å²) in [6.07, 6.45) is -2.72. The van der Waals surface area contributed by atoms with Crippen LogP contribution in [-0.2, 0) is 9.59 Å². The zero-order chi connectivity index (χ0) is 7.44. The average molecular weight is 140 g/mol. The van der Waals surface area contributed by atoms with Crippen LogP contribution in [0.15, 0.2) is 0 Å². The van der Waals surface area contributed by atoms with Gasteiger partial charge in [-0.05, 0) is 0 Å². The molecule has 0 fully saturated rings. The number of carboxylic acids is 2. The third kappa shape index (κ3) is 5.63. The summed E-state index contributed by atoms with van der Waals surface area (Å²) in [7, 11) is 0. The molecular formula is C4H5LiO5. The van der Waals surface area contributed by atoms with Crippen LogP contribution in [0.1, 0.15) is 6.42 Å². The van der Waals surface area contributed by atoms with Gasteiger partial charge in [0.25, 0.3) is 0 Å². The van der Waals surface area contributed by atoms with Gasteiger partial charge in [0.15, 0.2) is 6.10 Å². The molecule has 2 N–H and O–H groups in total. The fourth-order valence-electron chi connectivity index (χ4n) is 0.245. The number of aliphatic hydroxyl groups excluding tert-OH is 1. The summed E-state index contributed by atoms with van der Waals surface area (Å²) >= 11 is 0. The minimum atomic E-state index is -1.85. The number of carbonyl (C=O) groups is 2. The van der Waals surface area contributed by atoms with E-state index in [0.29, 0.717) is 0 Å². The maximum Gasteiger partial charge on any atom is 1.00 e. The van der Waals surface area contributed by atoms with Crippen LogP contribution in [0.2, 0.25) is 0 Å². The Morgan fingerprint density at radius 3 is 2.00 bits per heavy atom. The van der Waals surface area contributed by atoms with Crippen LogP contribution in [-0.4, -0.2) is 28.3 Å². The molecule has 0 aromatic carbocycles. The first-order valence-corrected chi connectivity index (χ1v) is 2.14. The van der Waals surface area contributed by atoms with Gasteiger partial charge in [-0.3, -0.25) is 0 Å². The standard InChI is InChI=1S/C4H6O5.Li/c5-2(4(8)9)1-3(6)7;/h2,5H,1H2,(H,6,7)(H,8,9);/q;+1/p-1/t2-;/m1./s1. The Morgan fingerprint density at radius 1 is 1.50 bits per heavy atom. The molecule has 6 heteroatoms. The van der Waals surface area contributed by atoms with E-state index in [1.807, 2.05) is 0 Å². The fourth-order valence-corrected chi connectivity index (χ4v) is 0.245. The minimum Gasteiger partial charge on any atom is -0.550 e. The maximum absolute atomic E-state index is 9.69. The van der Waals surface area contributed by atoms with Crippen LogP contribution >= 0.6 is 0 Å². The van der Waals surface area contributed by atoms with E-state index in [1.54, 1.807) is 0 Å². The van der Waals surface area contributed by atoms with Crippen molar-refractivity contribution >= 4 is 11.9 Å². The second-order valence-electron chi connectivity index (χ2n) is 1.43. The van der Waals surface area contributed by atoms with Crippen LogP contribution < -0.4 is 24.0 Å². The Labute approximate surface area is 68.8 Å². The average Bonchev–Trinajstić information content (AvgIpc) is 1.63. The van der Waals surface area contributed by atoms with Gasteiger partial charge < -0.3 is 20.1 Å². The summed E-state index contributed by atoms with van der Waals surface area (Å²) < 4.78 is 0. The third-order valence-corrected chi connectivity index (χ3v) is 0.645. The number of carboxylic acid groups (broad SMARTS) is 2. The smallest absolute Gasteiger partial charge is 0.550 e. The van der Waals surface area contributed by atoms with Gasteiger partial charge in [0.1, 0.15) is 0 Å². The molecular weight excluding hydrogens is 135 g/mol. The Kier molecular flexibility index (Phi) is 6.46. The Bertz CT molecular complexity index is 134. The van der Waals surface area contributed by atoms with Crippen molar-refractivity contribution in [2.75, 3.05) is 0 Å². The Balaban J connectivity index is 0. The summed E-state index contributed by atoms with van der Waals surface area (Å²) in [5.74, 6) is -3.14. The number of aliphatic carboxylic acids is 2. The number of aliphatic hydroxyl groups is 1. The molecule has 0 rings (SSSR count). The predicted octanol–water partition coefficient (Wildman–Crippen LogP) is -5.42. The molecule has 52 valence electrons. The first-order chi connectivity index (χ1) is 4.04. The van der Waals surface area contributed by atoms with E-state index < -0.39 is 24.5 Å². The van der Waals surface area contributed by atoms with E-state index in [2.05, 4.69) is 0 Å². The molecule has 0 aromatic rings. The fraction of sp³-hybridized carbons (Fsp3) is 0.500. The maximum atomic E-state index is 9.69. The molecule has 1 atom stereocenters. The quantitative estimate of drug-likeness (QED) is 0.381. The van der Waals surface area contributed by atoms with E-state index in [9.17, 15) is 14.7 Å². The molecule has 0 aliphatic rings. The zero-order valence-corrected chi connectivity index (χ0v) is 5.40. The van der Waals surface area contributed by atoms with Crippen molar-refractivity contribution in [1.82, 2.24) is 0 Å². The third-order valence-electron chi connectivity index (χ3n) is 0.645. The molecule has 0 saturated heterocycles. The van der Waals surface area contributed by atoms with Crippen LogP contribution in [0.5, 0.6) is 0 Å². The molecule has 5 nitrogen and oxygen atoms in total. The monoisotopic (exact) mass is 140 g/mol. The van der Waals surface area contributed by atoms with E-state index in [1.165, 1.54) is 0 Å². The van der Waals surface area contributed by atoms with Crippen molar-refractivity contribution in [1.29, 1.82) is 0 Å². The van der Waals surface area contributed by atoms with Crippen molar-refractivity contribution in [3.63, 3.8) is 0 Å². The largest absolute Gasteiger partial charge is 1.00 e.